The molecule has 0 radical (unpaired) electrons. The SMILES string of the molecule is CC(=O)Nc1ccc(-c2noc(C3CCCN(C(=O)c4ccc(F)c(Cl)c4)C3)n2)cc1. The Bertz CT molecular complexity index is 1120. The minimum Gasteiger partial charge on any atom is -0.339 e. The number of halogens is 2. The largest absolute Gasteiger partial charge is 0.339 e. The van der Waals surface area contributed by atoms with E-state index in [0.717, 1.165) is 18.4 Å². The first kappa shape index (κ1) is 21.0. The summed E-state index contributed by atoms with van der Waals surface area (Å²) in [6, 6.07) is 11.1. The lowest BCUT2D eigenvalue weighted by Gasteiger charge is -2.31. The number of aromatic nitrogens is 2. The lowest BCUT2D eigenvalue weighted by molar-refractivity contribution is -0.114. The predicted octanol–water partition coefficient (Wildman–Crippen LogP) is 4.51. The van der Waals surface area contributed by atoms with Gasteiger partial charge in [0.1, 0.15) is 5.82 Å². The number of carbonyl (C=O) groups is 2. The molecule has 1 atom stereocenters. The van der Waals surface area contributed by atoms with E-state index in [1.807, 2.05) is 0 Å². The number of likely N-dealkylation sites (tertiary alicyclic amines) is 1. The fourth-order valence-corrected chi connectivity index (χ4v) is 3.78. The van der Waals surface area contributed by atoms with E-state index in [0.29, 0.717) is 36.1 Å². The number of nitrogens with zero attached hydrogens (tertiary/aromatic N) is 3. The average Bonchev–Trinajstić information content (AvgIpc) is 3.26. The Labute approximate surface area is 183 Å². The van der Waals surface area contributed by atoms with Gasteiger partial charge in [-0.25, -0.2) is 4.39 Å². The second-order valence-corrected chi connectivity index (χ2v) is 7.84. The maximum Gasteiger partial charge on any atom is 0.253 e. The van der Waals surface area contributed by atoms with Crippen molar-refractivity contribution in [2.24, 2.45) is 0 Å². The molecule has 1 saturated heterocycles. The summed E-state index contributed by atoms with van der Waals surface area (Å²) in [6.45, 7) is 2.47. The lowest BCUT2D eigenvalue weighted by Crippen LogP contribution is -2.39. The van der Waals surface area contributed by atoms with Crippen LogP contribution in [0, 0.1) is 5.82 Å². The summed E-state index contributed by atoms with van der Waals surface area (Å²) in [5.41, 5.74) is 1.79. The zero-order valence-corrected chi connectivity index (χ0v) is 17.5. The summed E-state index contributed by atoms with van der Waals surface area (Å²) in [6.07, 6.45) is 1.60. The number of hydrogen-bond acceptors (Lipinski definition) is 5. The molecule has 2 aromatic carbocycles. The molecule has 4 rings (SSSR count). The second-order valence-electron chi connectivity index (χ2n) is 7.43. The topological polar surface area (TPSA) is 88.3 Å². The van der Waals surface area contributed by atoms with Crippen LogP contribution < -0.4 is 5.32 Å². The van der Waals surface area contributed by atoms with Crippen LogP contribution in [0.4, 0.5) is 10.1 Å². The fourth-order valence-electron chi connectivity index (χ4n) is 3.60. The Morgan fingerprint density at radius 3 is 2.71 bits per heavy atom. The van der Waals surface area contributed by atoms with Gasteiger partial charge in [-0.1, -0.05) is 16.8 Å². The molecule has 7 nitrogen and oxygen atoms in total. The molecule has 0 spiro atoms. The van der Waals surface area contributed by atoms with Crippen molar-refractivity contribution in [3.63, 3.8) is 0 Å². The van der Waals surface area contributed by atoms with Gasteiger partial charge in [0.05, 0.1) is 10.9 Å². The smallest absolute Gasteiger partial charge is 0.253 e. The van der Waals surface area contributed by atoms with Gasteiger partial charge in [0, 0.05) is 36.8 Å². The molecule has 31 heavy (non-hydrogen) atoms. The number of piperidine rings is 1. The molecule has 2 heterocycles. The van der Waals surface area contributed by atoms with Crippen molar-refractivity contribution < 1.29 is 18.5 Å². The van der Waals surface area contributed by atoms with E-state index in [-0.39, 0.29) is 22.8 Å². The Kier molecular flexibility index (Phi) is 5.99. The zero-order valence-electron chi connectivity index (χ0n) is 16.8. The van der Waals surface area contributed by atoms with Crippen molar-refractivity contribution in [2.45, 2.75) is 25.7 Å². The Balaban J connectivity index is 1.46. The normalized spacial score (nSPS) is 16.2. The van der Waals surface area contributed by atoms with Gasteiger partial charge in [-0.15, -0.1) is 0 Å². The molecule has 3 aromatic rings. The fraction of sp³-hybridized carbons (Fsp3) is 0.273. The van der Waals surface area contributed by atoms with Crippen molar-refractivity contribution in [3.05, 3.63) is 64.8 Å². The molecule has 1 unspecified atom stereocenters. The van der Waals surface area contributed by atoms with E-state index >= 15 is 0 Å². The zero-order chi connectivity index (χ0) is 22.0. The van der Waals surface area contributed by atoms with Crippen LogP contribution in [-0.4, -0.2) is 39.9 Å². The van der Waals surface area contributed by atoms with E-state index in [1.165, 1.54) is 25.1 Å². The van der Waals surface area contributed by atoms with Gasteiger partial charge >= 0.3 is 0 Å². The van der Waals surface area contributed by atoms with Crippen LogP contribution >= 0.6 is 11.6 Å². The predicted molar refractivity (Wildman–Crippen MR) is 113 cm³/mol. The summed E-state index contributed by atoms with van der Waals surface area (Å²) in [4.78, 5) is 30.2. The monoisotopic (exact) mass is 442 g/mol. The van der Waals surface area contributed by atoms with Gasteiger partial charge in [0.15, 0.2) is 0 Å². The van der Waals surface area contributed by atoms with Gasteiger partial charge in [0.25, 0.3) is 5.91 Å². The molecule has 0 saturated carbocycles. The van der Waals surface area contributed by atoms with E-state index in [1.54, 1.807) is 29.2 Å². The highest BCUT2D eigenvalue weighted by Crippen LogP contribution is 2.29. The van der Waals surface area contributed by atoms with Gasteiger partial charge in [-0.05, 0) is 55.3 Å². The molecule has 1 aromatic heterocycles. The first-order valence-electron chi connectivity index (χ1n) is 9.86. The summed E-state index contributed by atoms with van der Waals surface area (Å²) < 4.78 is 18.9. The molecule has 1 aliphatic rings. The lowest BCUT2D eigenvalue weighted by atomic mass is 9.97. The number of nitrogens with one attached hydrogen (secondary N) is 1. The minimum absolute atomic E-state index is 0.0783. The van der Waals surface area contributed by atoms with Crippen LogP contribution in [0.3, 0.4) is 0 Å². The highest BCUT2D eigenvalue weighted by molar-refractivity contribution is 6.31. The Hall–Kier alpha value is -3.26. The number of benzene rings is 2. The molecule has 0 aliphatic carbocycles. The molecule has 9 heteroatoms. The molecule has 160 valence electrons. The number of hydrogen-bond donors (Lipinski definition) is 1. The standard InChI is InChI=1S/C22H20ClFN4O3/c1-13(29)25-17-7-4-14(5-8-17)20-26-21(31-27-20)16-3-2-10-28(12-16)22(30)15-6-9-19(24)18(23)11-15/h4-9,11,16H,2-3,10,12H2,1H3,(H,25,29). The Morgan fingerprint density at radius 1 is 1.23 bits per heavy atom. The number of amides is 2. The number of anilines is 1. The molecule has 1 aliphatic heterocycles. The summed E-state index contributed by atoms with van der Waals surface area (Å²) in [7, 11) is 0. The van der Waals surface area contributed by atoms with Crippen LogP contribution in [0.5, 0.6) is 0 Å². The van der Waals surface area contributed by atoms with Crippen molar-refractivity contribution >= 4 is 29.1 Å². The molecular weight excluding hydrogens is 423 g/mol. The quantitative estimate of drug-likeness (QED) is 0.642. The van der Waals surface area contributed by atoms with Gasteiger partial charge < -0.3 is 14.7 Å². The maximum atomic E-state index is 13.4. The van der Waals surface area contributed by atoms with Crippen molar-refractivity contribution in [1.82, 2.24) is 15.0 Å². The summed E-state index contributed by atoms with van der Waals surface area (Å²) in [5, 5.41) is 6.69. The van der Waals surface area contributed by atoms with Crippen molar-refractivity contribution in [3.8, 4) is 11.4 Å². The third-order valence-corrected chi connectivity index (χ3v) is 5.42. The van der Waals surface area contributed by atoms with Crippen LogP contribution in [-0.2, 0) is 4.79 Å². The maximum absolute atomic E-state index is 13.4. The van der Waals surface area contributed by atoms with Gasteiger partial charge in [-0.3, -0.25) is 9.59 Å². The van der Waals surface area contributed by atoms with E-state index in [4.69, 9.17) is 16.1 Å². The van der Waals surface area contributed by atoms with E-state index in [2.05, 4.69) is 15.5 Å². The molecule has 0 bridgehead atoms. The van der Waals surface area contributed by atoms with Crippen molar-refractivity contribution in [2.75, 3.05) is 18.4 Å². The minimum atomic E-state index is -0.557. The molecule has 1 fully saturated rings. The second kappa shape index (κ2) is 8.85. The third kappa shape index (κ3) is 4.74. The first-order chi connectivity index (χ1) is 14.9. The number of rotatable bonds is 4. The van der Waals surface area contributed by atoms with E-state index < -0.39 is 5.82 Å². The van der Waals surface area contributed by atoms with E-state index in [9.17, 15) is 14.0 Å². The highest BCUT2D eigenvalue weighted by Gasteiger charge is 2.29. The average molecular weight is 443 g/mol. The summed E-state index contributed by atoms with van der Waals surface area (Å²) >= 11 is 5.82. The number of carbonyl (C=O) groups excluding carboxylic acids is 2. The molecular formula is C22H20ClFN4O3. The first-order valence-corrected chi connectivity index (χ1v) is 10.2. The summed E-state index contributed by atoms with van der Waals surface area (Å²) in [5.74, 6) is -0.0886. The molecule has 1 N–H and O–H groups in total. The molecule has 2 amide bonds. The highest BCUT2D eigenvalue weighted by atomic mass is 35.5. The Morgan fingerprint density at radius 2 is 2.00 bits per heavy atom. The van der Waals surface area contributed by atoms with Crippen LogP contribution in [0.25, 0.3) is 11.4 Å². The van der Waals surface area contributed by atoms with Gasteiger partial charge in [0.2, 0.25) is 17.6 Å². The van der Waals surface area contributed by atoms with Crippen LogP contribution in [0.1, 0.15) is 41.9 Å². The van der Waals surface area contributed by atoms with Gasteiger partial charge in [-0.2, -0.15) is 4.98 Å². The van der Waals surface area contributed by atoms with Crippen LogP contribution in [0.15, 0.2) is 47.0 Å². The van der Waals surface area contributed by atoms with Crippen LogP contribution in [0.2, 0.25) is 5.02 Å². The van der Waals surface area contributed by atoms with Crippen molar-refractivity contribution in [1.29, 1.82) is 0 Å². The third-order valence-electron chi connectivity index (χ3n) is 5.13.